The van der Waals surface area contributed by atoms with E-state index in [1.165, 1.54) is 0 Å². The number of rotatable bonds is 7. The largest absolute Gasteiger partial charge is 0.292 e. The van der Waals surface area contributed by atoms with Gasteiger partial charge in [-0.3, -0.25) is 14.2 Å². The van der Waals surface area contributed by atoms with Crippen molar-refractivity contribution >= 4 is 20.0 Å². The van der Waals surface area contributed by atoms with Crippen LogP contribution in [0.3, 0.4) is 0 Å². The van der Waals surface area contributed by atoms with Crippen LogP contribution in [0, 0.1) is 52.9 Å². The number of hydrogen-bond acceptors (Lipinski definition) is 3. The van der Waals surface area contributed by atoms with Gasteiger partial charge >= 0.3 is 0 Å². The highest BCUT2D eigenvalue weighted by Gasteiger charge is 2.53. The van der Waals surface area contributed by atoms with E-state index in [9.17, 15) is 14.2 Å². The molecule has 2 aromatic rings. The molecule has 0 aliphatic heterocycles. The van der Waals surface area contributed by atoms with Crippen LogP contribution in [0.5, 0.6) is 0 Å². The second kappa shape index (κ2) is 9.40. The average molecular weight is 453 g/mol. The van der Waals surface area contributed by atoms with Crippen molar-refractivity contribution in [1.82, 2.24) is 0 Å². The fourth-order valence-corrected chi connectivity index (χ4v) is 5.91. The van der Waals surface area contributed by atoms with E-state index in [-0.39, 0.29) is 17.0 Å². The van der Waals surface area contributed by atoms with Crippen molar-refractivity contribution in [3.05, 3.63) is 68.8 Å². The monoisotopic (exact) mass is 452 g/mol. The van der Waals surface area contributed by atoms with Gasteiger partial charge in [-0.05, 0) is 81.5 Å². The maximum Gasteiger partial charge on any atom is 0.189 e. The summed E-state index contributed by atoms with van der Waals surface area (Å²) in [6.45, 7) is 19.7. The number of carbonyl (C=O) groups is 2. The molecule has 0 aliphatic rings. The molecule has 172 valence electrons. The third-order valence-corrected chi connectivity index (χ3v) is 7.41. The first-order valence-electron chi connectivity index (χ1n) is 11.3. The molecule has 4 heteroatoms. The van der Waals surface area contributed by atoms with Gasteiger partial charge in [-0.25, -0.2) is 0 Å². The number of hydrogen-bond donors (Lipinski definition) is 0. The molecule has 1 atom stereocenters. The minimum Gasteiger partial charge on any atom is -0.292 e. The van der Waals surface area contributed by atoms with Crippen molar-refractivity contribution in [3.63, 3.8) is 0 Å². The molecule has 2 aromatic carbocycles. The van der Waals surface area contributed by atoms with Crippen LogP contribution in [0.1, 0.15) is 88.2 Å². The third-order valence-electron chi connectivity index (χ3n) is 6.28. The molecule has 0 spiro atoms. The lowest BCUT2D eigenvalue weighted by atomic mass is 9.71. The Hall–Kier alpha value is -2.12. The minimum atomic E-state index is -1.68. The summed E-state index contributed by atoms with van der Waals surface area (Å²) >= 11 is 0. The number of benzene rings is 2. The van der Waals surface area contributed by atoms with E-state index >= 15 is 0 Å². The number of Topliss-reactive ketones (excluding diaryl/α,β-unsaturated/α-hetero) is 2. The molecule has 0 bridgehead atoms. The normalized spacial score (nSPS) is 13.3. The van der Waals surface area contributed by atoms with Gasteiger partial charge in [0.05, 0.1) is 0 Å². The molecule has 0 fully saturated rings. The van der Waals surface area contributed by atoms with Crippen molar-refractivity contribution in [3.8, 4) is 0 Å². The van der Waals surface area contributed by atoms with Crippen molar-refractivity contribution < 1.29 is 14.2 Å². The highest BCUT2D eigenvalue weighted by atomic mass is 31.1. The lowest BCUT2D eigenvalue weighted by Crippen LogP contribution is -2.49. The molecule has 2 rings (SSSR count). The Balaban J connectivity index is 2.86. The number of ketones is 2. The molecule has 1 unspecified atom stereocenters. The summed E-state index contributed by atoms with van der Waals surface area (Å²) in [7, 11) is -0.453. The Kier molecular flexibility index (Phi) is 7.67. The minimum absolute atomic E-state index is 0.134. The van der Waals surface area contributed by atoms with E-state index in [0.29, 0.717) is 17.5 Å². The molecule has 3 nitrogen and oxygen atoms in total. The lowest BCUT2D eigenvalue weighted by molar-refractivity contribution is 0.0770. The zero-order valence-corrected chi connectivity index (χ0v) is 22.2. The van der Waals surface area contributed by atoms with Crippen LogP contribution in [-0.4, -0.2) is 16.7 Å². The van der Waals surface area contributed by atoms with Gasteiger partial charge in [-0.1, -0.05) is 63.1 Å². The van der Waals surface area contributed by atoms with Crippen molar-refractivity contribution in [2.24, 2.45) is 11.3 Å². The van der Waals surface area contributed by atoms with Crippen LogP contribution >= 0.6 is 8.46 Å². The van der Waals surface area contributed by atoms with E-state index < -0.39 is 19.5 Å². The Labute approximate surface area is 195 Å². The van der Waals surface area contributed by atoms with E-state index in [1.807, 2.05) is 72.7 Å². The Morgan fingerprint density at radius 1 is 0.750 bits per heavy atom. The molecule has 0 aliphatic carbocycles. The first-order valence-corrected chi connectivity index (χ1v) is 12.1. The molecule has 0 aromatic heterocycles. The molecule has 0 amide bonds. The molecular formula is C28H37O3P. The molecule has 0 heterocycles. The van der Waals surface area contributed by atoms with Crippen LogP contribution in [0.2, 0.25) is 0 Å². The molecule has 32 heavy (non-hydrogen) atoms. The third kappa shape index (κ3) is 4.94. The van der Waals surface area contributed by atoms with Crippen molar-refractivity contribution in [2.75, 3.05) is 0 Å². The smallest absolute Gasteiger partial charge is 0.189 e. The van der Waals surface area contributed by atoms with Gasteiger partial charge in [0.2, 0.25) is 0 Å². The van der Waals surface area contributed by atoms with E-state index in [0.717, 1.165) is 33.4 Å². The number of carbonyl (C=O) groups excluding carboxylic acids is 2. The summed E-state index contributed by atoms with van der Waals surface area (Å²) in [4.78, 5) is 28.5. The zero-order chi connectivity index (χ0) is 24.6. The van der Waals surface area contributed by atoms with Crippen molar-refractivity contribution in [1.29, 1.82) is 0 Å². The summed E-state index contributed by atoms with van der Waals surface area (Å²) in [5.74, 6) is -1.10. The Morgan fingerprint density at radius 3 is 1.31 bits per heavy atom. The van der Waals surface area contributed by atoms with E-state index in [1.54, 1.807) is 0 Å². The van der Waals surface area contributed by atoms with Gasteiger partial charge in [-0.15, -0.1) is 0 Å². The van der Waals surface area contributed by atoms with Gasteiger partial charge in [0.1, 0.15) is 0 Å². The molecule has 0 N–H and O–H groups in total. The molecule has 0 radical (unpaired) electrons. The van der Waals surface area contributed by atoms with Gasteiger partial charge in [0.25, 0.3) is 0 Å². The first-order chi connectivity index (χ1) is 14.7. The Morgan fingerprint density at radius 2 is 1.06 bits per heavy atom. The van der Waals surface area contributed by atoms with Crippen LogP contribution in [0.25, 0.3) is 0 Å². The fraction of sp³-hybridized carbons (Fsp3) is 0.500. The van der Waals surface area contributed by atoms with Crippen molar-refractivity contribution in [2.45, 2.75) is 80.8 Å². The highest BCUT2D eigenvalue weighted by Crippen LogP contribution is 2.45. The summed E-state index contributed by atoms with van der Waals surface area (Å²) in [6.07, 6.45) is 0.591. The van der Waals surface area contributed by atoms with Crippen LogP contribution in [-0.2, 0) is 4.57 Å². The van der Waals surface area contributed by atoms with Gasteiger partial charge < -0.3 is 0 Å². The van der Waals surface area contributed by atoms with E-state index in [2.05, 4.69) is 20.8 Å². The fourth-order valence-electron chi connectivity index (χ4n) is 5.25. The van der Waals surface area contributed by atoms with Crippen LogP contribution < -0.4 is 0 Å². The lowest BCUT2D eigenvalue weighted by Gasteiger charge is -2.35. The summed E-state index contributed by atoms with van der Waals surface area (Å²) < 4.78 is 13.0. The first kappa shape index (κ1) is 26.1. The SMILES string of the molecule is Cc1cc(C)c(C(=O)C(P=O)(C(=O)c2c(C)cc(C)cc2C)C(C)CC(C)(C)C)c(C)c1. The summed E-state index contributed by atoms with van der Waals surface area (Å²) in [5.41, 5.74) is 6.25. The van der Waals surface area contributed by atoms with E-state index in [4.69, 9.17) is 0 Å². The maximum atomic E-state index is 14.3. The standard InChI is InChI=1S/C28H37O3P/c1-16-11-18(3)23(19(4)12-16)25(29)28(32-31,22(7)15-27(8,9)10)26(30)24-20(5)13-17(2)14-21(24)6/h11-14,22H,15H2,1-10H3. The molecule has 0 saturated carbocycles. The zero-order valence-electron chi connectivity index (χ0n) is 21.3. The predicted octanol–water partition coefficient (Wildman–Crippen LogP) is 7.71. The quantitative estimate of drug-likeness (QED) is 0.246. The summed E-state index contributed by atoms with van der Waals surface area (Å²) in [6, 6.07) is 7.81. The summed E-state index contributed by atoms with van der Waals surface area (Å²) in [5, 5.41) is -1.68. The maximum absolute atomic E-state index is 14.3. The van der Waals surface area contributed by atoms with Gasteiger partial charge in [0, 0.05) is 11.1 Å². The Bertz CT molecular complexity index is 957. The number of aryl methyl sites for hydroxylation is 6. The highest BCUT2D eigenvalue weighted by molar-refractivity contribution is 7.30. The van der Waals surface area contributed by atoms with Gasteiger partial charge in [0.15, 0.2) is 25.2 Å². The second-order valence-corrected chi connectivity index (χ2v) is 11.6. The predicted molar refractivity (Wildman–Crippen MR) is 134 cm³/mol. The molecule has 0 saturated heterocycles. The van der Waals surface area contributed by atoms with Crippen LogP contribution in [0.4, 0.5) is 0 Å². The topological polar surface area (TPSA) is 51.2 Å². The van der Waals surface area contributed by atoms with Crippen LogP contribution in [0.15, 0.2) is 24.3 Å². The molecular weight excluding hydrogens is 415 g/mol. The average Bonchev–Trinajstić information content (AvgIpc) is 2.59. The second-order valence-electron chi connectivity index (χ2n) is 10.7. The van der Waals surface area contributed by atoms with Gasteiger partial charge in [-0.2, -0.15) is 0 Å².